The van der Waals surface area contributed by atoms with Crippen LogP contribution in [0.15, 0.2) is 35.5 Å². The number of rotatable bonds is 5. The van der Waals surface area contributed by atoms with Crippen molar-refractivity contribution in [2.45, 2.75) is 13.0 Å². The highest BCUT2D eigenvalue weighted by atomic mass is 79.9. The Balaban J connectivity index is 1.77. The number of aromatic nitrogens is 3. The average Bonchev–Trinajstić information content (AvgIpc) is 2.94. The van der Waals surface area contributed by atoms with Crippen molar-refractivity contribution in [2.24, 2.45) is 7.05 Å². The van der Waals surface area contributed by atoms with E-state index in [9.17, 15) is 4.79 Å². The molecule has 2 heterocycles. The number of halogens is 1. The molecule has 2 aromatic rings. The van der Waals surface area contributed by atoms with Gasteiger partial charge in [0.2, 0.25) is 0 Å². The Morgan fingerprint density at radius 2 is 2.39 bits per heavy atom. The molecule has 0 saturated carbocycles. The van der Waals surface area contributed by atoms with Gasteiger partial charge < -0.3 is 14.5 Å². The summed E-state index contributed by atoms with van der Waals surface area (Å²) in [6, 6.07) is 1.81. The number of aryl methyl sites for hydroxylation is 2. The van der Waals surface area contributed by atoms with Crippen molar-refractivity contribution in [2.75, 3.05) is 6.54 Å². The van der Waals surface area contributed by atoms with Crippen LogP contribution in [0.1, 0.15) is 16.9 Å². The number of imidazole rings is 1. The van der Waals surface area contributed by atoms with Gasteiger partial charge in [-0.2, -0.15) is 0 Å². The van der Waals surface area contributed by atoms with E-state index in [1.54, 1.807) is 17.1 Å². The molecule has 0 aliphatic carbocycles. The molecule has 0 spiro atoms. The zero-order chi connectivity index (χ0) is 13.0. The fraction of sp³-hybridized carbons (Fsp3) is 0.333. The Morgan fingerprint density at radius 1 is 1.56 bits per heavy atom. The van der Waals surface area contributed by atoms with Crippen LogP contribution in [0.5, 0.6) is 0 Å². The number of hydrogen-bond donors (Lipinski definition) is 1. The van der Waals surface area contributed by atoms with Gasteiger partial charge in [0.25, 0.3) is 5.91 Å². The van der Waals surface area contributed by atoms with Gasteiger partial charge in [0, 0.05) is 43.2 Å². The Bertz CT molecular complexity index is 518. The number of carbonyl (C=O) groups is 1. The zero-order valence-electron chi connectivity index (χ0n) is 10.1. The van der Waals surface area contributed by atoms with Gasteiger partial charge in [0.05, 0.1) is 6.33 Å². The monoisotopic (exact) mass is 310 g/mol. The minimum absolute atomic E-state index is 0.0474. The van der Waals surface area contributed by atoms with E-state index in [0.717, 1.165) is 17.4 Å². The molecule has 1 N–H and O–H groups in total. The first kappa shape index (κ1) is 12.9. The van der Waals surface area contributed by atoms with Crippen LogP contribution in [0.3, 0.4) is 0 Å². The van der Waals surface area contributed by atoms with Crippen LogP contribution >= 0.6 is 15.9 Å². The number of nitrogens with one attached hydrogen (secondary N) is 1. The van der Waals surface area contributed by atoms with Gasteiger partial charge in [0.1, 0.15) is 5.69 Å². The van der Waals surface area contributed by atoms with Gasteiger partial charge in [-0.15, -0.1) is 0 Å². The van der Waals surface area contributed by atoms with Crippen LogP contribution in [0.25, 0.3) is 0 Å². The smallest absolute Gasteiger partial charge is 0.267 e. The van der Waals surface area contributed by atoms with Crippen LogP contribution in [-0.4, -0.2) is 26.6 Å². The van der Waals surface area contributed by atoms with Crippen LogP contribution in [0.4, 0.5) is 0 Å². The highest BCUT2D eigenvalue weighted by molar-refractivity contribution is 9.10. The van der Waals surface area contributed by atoms with Crippen molar-refractivity contribution >= 4 is 21.8 Å². The van der Waals surface area contributed by atoms with E-state index in [1.807, 2.05) is 30.1 Å². The van der Waals surface area contributed by atoms with Gasteiger partial charge in [-0.3, -0.25) is 4.79 Å². The summed E-state index contributed by atoms with van der Waals surface area (Å²) < 4.78 is 4.70. The van der Waals surface area contributed by atoms with Gasteiger partial charge in [-0.05, 0) is 28.4 Å². The first-order valence-corrected chi connectivity index (χ1v) is 6.52. The maximum atomic E-state index is 11.9. The molecule has 5 nitrogen and oxygen atoms in total. The molecule has 0 fully saturated rings. The SMILES string of the molecule is Cn1cc(Br)cc1C(=O)NCCCn1ccnc1. The first-order valence-electron chi connectivity index (χ1n) is 5.72. The fourth-order valence-corrected chi connectivity index (χ4v) is 2.25. The zero-order valence-corrected chi connectivity index (χ0v) is 11.7. The second-order valence-corrected chi connectivity index (χ2v) is 4.98. The third-order valence-electron chi connectivity index (χ3n) is 2.64. The van der Waals surface area contributed by atoms with Crippen molar-refractivity contribution in [3.05, 3.63) is 41.2 Å². The molecular formula is C12H15BrN4O. The highest BCUT2D eigenvalue weighted by Gasteiger charge is 2.09. The Kier molecular flexibility index (Phi) is 4.19. The van der Waals surface area contributed by atoms with Gasteiger partial charge >= 0.3 is 0 Å². The molecule has 2 rings (SSSR count). The van der Waals surface area contributed by atoms with E-state index in [4.69, 9.17) is 0 Å². The minimum Gasteiger partial charge on any atom is -0.351 e. The number of carbonyl (C=O) groups excluding carboxylic acids is 1. The van der Waals surface area contributed by atoms with E-state index in [0.29, 0.717) is 12.2 Å². The summed E-state index contributed by atoms with van der Waals surface area (Å²) in [5, 5.41) is 2.90. The molecule has 0 radical (unpaired) electrons. The lowest BCUT2D eigenvalue weighted by Crippen LogP contribution is -2.26. The molecule has 0 aliphatic rings. The van der Waals surface area contributed by atoms with Crippen LogP contribution in [-0.2, 0) is 13.6 Å². The maximum Gasteiger partial charge on any atom is 0.267 e. The van der Waals surface area contributed by atoms with Crippen molar-refractivity contribution in [3.8, 4) is 0 Å². The molecule has 0 aliphatic heterocycles. The molecule has 6 heteroatoms. The summed E-state index contributed by atoms with van der Waals surface area (Å²) in [6.07, 6.45) is 8.18. The second kappa shape index (κ2) is 5.86. The maximum absolute atomic E-state index is 11.9. The summed E-state index contributed by atoms with van der Waals surface area (Å²) in [5.41, 5.74) is 0.657. The topological polar surface area (TPSA) is 51.9 Å². The van der Waals surface area contributed by atoms with Gasteiger partial charge in [-0.1, -0.05) is 0 Å². The minimum atomic E-state index is -0.0474. The summed E-state index contributed by atoms with van der Waals surface area (Å²) in [5.74, 6) is -0.0474. The molecule has 0 bridgehead atoms. The molecule has 1 amide bonds. The molecule has 0 aromatic carbocycles. The third-order valence-corrected chi connectivity index (χ3v) is 3.08. The Hall–Kier alpha value is -1.56. The quantitative estimate of drug-likeness (QED) is 0.856. The standard InChI is InChI=1S/C12H15BrN4O/c1-16-8-10(13)7-11(16)12(18)15-3-2-5-17-6-4-14-9-17/h4,6-9H,2-3,5H2,1H3,(H,15,18). The summed E-state index contributed by atoms with van der Waals surface area (Å²) in [6.45, 7) is 1.51. The highest BCUT2D eigenvalue weighted by Crippen LogP contribution is 2.13. The van der Waals surface area contributed by atoms with Crippen LogP contribution < -0.4 is 5.32 Å². The predicted octanol–water partition coefficient (Wildman–Crippen LogP) is 1.80. The summed E-state index contributed by atoms with van der Waals surface area (Å²) in [7, 11) is 1.85. The van der Waals surface area contributed by atoms with Crippen molar-refractivity contribution < 1.29 is 4.79 Å². The van der Waals surface area contributed by atoms with Crippen LogP contribution in [0.2, 0.25) is 0 Å². The molecule has 18 heavy (non-hydrogen) atoms. The summed E-state index contributed by atoms with van der Waals surface area (Å²) >= 11 is 3.35. The van der Waals surface area contributed by atoms with Crippen molar-refractivity contribution in [3.63, 3.8) is 0 Å². The van der Waals surface area contributed by atoms with E-state index in [1.165, 1.54) is 0 Å². The van der Waals surface area contributed by atoms with E-state index < -0.39 is 0 Å². The normalized spacial score (nSPS) is 10.6. The molecule has 0 atom stereocenters. The number of amides is 1. The van der Waals surface area contributed by atoms with Crippen molar-refractivity contribution in [1.82, 2.24) is 19.4 Å². The molecule has 2 aromatic heterocycles. The number of hydrogen-bond acceptors (Lipinski definition) is 2. The van der Waals surface area contributed by atoms with Crippen LogP contribution in [0, 0.1) is 0 Å². The number of nitrogens with zero attached hydrogens (tertiary/aromatic N) is 3. The largest absolute Gasteiger partial charge is 0.351 e. The molecule has 96 valence electrons. The molecule has 0 unspecified atom stereocenters. The van der Waals surface area contributed by atoms with E-state index >= 15 is 0 Å². The third kappa shape index (κ3) is 3.22. The van der Waals surface area contributed by atoms with Gasteiger partial charge in [0.15, 0.2) is 0 Å². The molecule has 0 saturated heterocycles. The first-order chi connectivity index (χ1) is 8.66. The van der Waals surface area contributed by atoms with Gasteiger partial charge in [-0.25, -0.2) is 4.98 Å². The fourth-order valence-electron chi connectivity index (χ4n) is 1.72. The van der Waals surface area contributed by atoms with E-state index in [-0.39, 0.29) is 5.91 Å². The lowest BCUT2D eigenvalue weighted by molar-refractivity contribution is 0.0944. The average molecular weight is 311 g/mol. The van der Waals surface area contributed by atoms with E-state index in [2.05, 4.69) is 26.2 Å². The Morgan fingerprint density at radius 3 is 3.00 bits per heavy atom. The molecular weight excluding hydrogens is 296 g/mol. The van der Waals surface area contributed by atoms with Crippen molar-refractivity contribution in [1.29, 1.82) is 0 Å². The predicted molar refractivity (Wildman–Crippen MR) is 72.3 cm³/mol. The Labute approximate surface area is 114 Å². The summed E-state index contributed by atoms with van der Waals surface area (Å²) in [4.78, 5) is 15.8. The lowest BCUT2D eigenvalue weighted by atomic mass is 10.3. The second-order valence-electron chi connectivity index (χ2n) is 4.06. The lowest BCUT2D eigenvalue weighted by Gasteiger charge is -2.06.